The minimum absolute atomic E-state index is 0. The fourth-order valence-electron chi connectivity index (χ4n) is 4.98. The number of halogens is 2. The summed E-state index contributed by atoms with van der Waals surface area (Å²) in [4.78, 5) is 12.7. The van der Waals surface area contributed by atoms with Gasteiger partial charge < -0.3 is 20.2 Å². The van der Waals surface area contributed by atoms with Gasteiger partial charge >= 0.3 is 0 Å². The van der Waals surface area contributed by atoms with E-state index < -0.39 is 0 Å². The predicted molar refractivity (Wildman–Crippen MR) is 160 cm³/mol. The van der Waals surface area contributed by atoms with Gasteiger partial charge in [-0.3, -0.25) is 4.98 Å². The summed E-state index contributed by atoms with van der Waals surface area (Å²) in [6, 6.07) is 24.4. The average molecular weight is 570 g/mol. The van der Waals surface area contributed by atoms with E-state index in [0.717, 1.165) is 74.9 Å². The lowest BCUT2D eigenvalue weighted by Gasteiger charge is -2.09. The van der Waals surface area contributed by atoms with Crippen LogP contribution >= 0.6 is 12.4 Å². The van der Waals surface area contributed by atoms with E-state index in [4.69, 9.17) is 9.72 Å². The average Bonchev–Trinajstić information content (AvgIpc) is 3.63. The first kappa shape index (κ1) is 28.0. The minimum Gasteiger partial charge on any atom is -0.492 e. The fraction of sp³-hybridized carbons (Fsp3) is 0.156. The molecule has 0 aliphatic heterocycles. The Morgan fingerprint density at radius 3 is 2.56 bits per heavy atom. The molecule has 1 aliphatic carbocycles. The number of hydrogen-bond donors (Lipinski definition) is 3. The second-order valence-electron chi connectivity index (χ2n) is 9.64. The highest BCUT2D eigenvalue weighted by Gasteiger charge is 2.21. The lowest BCUT2D eigenvalue weighted by atomic mass is 10.0. The van der Waals surface area contributed by atoms with Gasteiger partial charge in [-0.15, -0.1) is 12.4 Å². The maximum Gasteiger partial charge on any atom is 0.138 e. The van der Waals surface area contributed by atoms with E-state index in [-0.39, 0.29) is 18.2 Å². The number of nitrogens with zero attached hydrogens (tertiary/aromatic N) is 3. The van der Waals surface area contributed by atoms with Crippen molar-refractivity contribution in [2.75, 3.05) is 13.2 Å². The van der Waals surface area contributed by atoms with Crippen molar-refractivity contribution in [2.45, 2.75) is 19.4 Å². The summed E-state index contributed by atoms with van der Waals surface area (Å²) in [6.07, 6.45) is 5.10. The maximum atomic E-state index is 13.1. The molecule has 0 bridgehead atoms. The summed E-state index contributed by atoms with van der Waals surface area (Å²) >= 11 is 0. The largest absolute Gasteiger partial charge is 0.492 e. The van der Waals surface area contributed by atoms with Gasteiger partial charge in [-0.05, 0) is 66.4 Å². The zero-order valence-electron chi connectivity index (χ0n) is 22.2. The van der Waals surface area contributed by atoms with E-state index in [0.29, 0.717) is 19.7 Å². The SMILES string of the molecule is Cl.O/N=C1\CCc2cc(-c3nc(-c4cccc(OCCNCc5ccc(F)cc5)c4)[nH]c3-c3ccncc3)ccc21. The number of aromatic amines is 1. The van der Waals surface area contributed by atoms with Crippen LogP contribution in [-0.2, 0) is 13.0 Å². The highest BCUT2D eigenvalue weighted by Crippen LogP contribution is 2.36. The van der Waals surface area contributed by atoms with Gasteiger partial charge in [0.15, 0.2) is 0 Å². The number of fused-ring (bicyclic) bond motifs is 1. The van der Waals surface area contributed by atoms with Crippen molar-refractivity contribution >= 4 is 18.1 Å². The topological polar surface area (TPSA) is 95.4 Å². The Hall–Kier alpha value is -4.53. The van der Waals surface area contributed by atoms with Crippen LogP contribution < -0.4 is 10.1 Å². The van der Waals surface area contributed by atoms with Crippen LogP contribution in [0.5, 0.6) is 5.75 Å². The van der Waals surface area contributed by atoms with Crippen molar-refractivity contribution < 1.29 is 14.3 Å². The van der Waals surface area contributed by atoms with Gasteiger partial charge in [0.2, 0.25) is 0 Å². The number of rotatable bonds is 9. The monoisotopic (exact) mass is 569 g/mol. The number of ether oxygens (including phenoxy) is 1. The zero-order valence-corrected chi connectivity index (χ0v) is 23.0. The number of hydrogen-bond acceptors (Lipinski definition) is 6. The van der Waals surface area contributed by atoms with Gasteiger partial charge in [0.25, 0.3) is 0 Å². The molecule has 0 amide bonds. The third-order valence-electron chi connectivity index (χ3n) is 7.01. The molecule has 0 saturated heterocycles. The Balaban J connectivity index is 0.00000337. The molecule has 1 aliphatic rings. The Morgan fingerprint density at radius 1 is 0.927 bits per heavy atom. The number of aromatic nitrogens is 3. The molecule has 9 heteroatoms. The summed E-state index contributed by atoms with van der Waals surface area (Å²) in [6.45, 7) is 1.79. The van der Waals surface area contributed by atoms with Crippen LogP contribution in [0.2, 0.25) is 0 Å². The molecular weight excluding hydrogens is 541 g/mol. The van der Waals surface area contributed by atoms with Gasteiger partial charge in [-0.2, -0.15) is 0 Å². The minimum atomic E-state index is -0.234. The van der Waals surface area contributed by atoms with Crippen LogP contribution in [-0.4, -0.2) is 39.0 Å². The maximum absolute atomic E-state index is 13.1. The third kappa shape index (κ3) is 6.29. The van der Waals surface area contributed by atoms with Crippen molar-refractivity contribution in [3.8, 4) is 39.7 Å². The van der Waals surface area contributed by atoms with E-state index in [1.165, 1.54) is 12.1 Å². The van der Waals surface area contributed by atoms with Gasteiger partial charge in [0.05, 0.1) is 17.1 Å². The molecule has 3 N–H and O–H groups in total. The molecule has 0 unspecified atom stereocenters. The predicted octanol–water partition coefficient (Wildman–Crippen LogP) is 6.66. The molecule has 41 heavy (non-hydrogen) atoms. The first-order valence-electron chi connectivity index (χ1n) is 13.2. The number of H-pyrrole nitrogens is 1. The van der Waals surface area contributed by atoms with Gasteiger partial charge in [0.1, 0.15) is 24.0 Å². The Kier molecular flexibility index (Phi) is 8.72. The molecule has 0 fully saturated rings. The molecule has 208 valence electrons. The quantitative estimate of drug-likeness (QED) is 0.105. The first-order chi connectivity index (χ1) is 19.7. The lowest BCUT2D eigenvalue weighted by Crippen LogP contribution is -2.20. The molecule has 0 radical (unpaired) electrons. The van der Waals surface area contributed by atoms with E-state index in [1.807, 2.05) is 48.5 Å². The molecule has 0 spiro atoms. The molecule has 7 nitrogen and oxygen atoms in total. The standard InChI is InChI=1S/C32H28FN5O2.ClH/c33-26-8-4-21(5-9-26)20-35-16-17-40-27-3-1-2-25(19-27)32-36-30(22-12-14-34-15-13-22)31(37-32)24-6-10-28-23(18-24)7-11-29(28)38-39;/h1-6,8-10,12-15,18-19,35,39H,7,11,16-17,20H2,(H,36,37);1H/b38-29+;. The molecule has 2 heterocycles. The van der Waals surface area contributed by atoms with Crippen molar-refractivity contribution in [3.63, 3.8) is 0 Å². The normalized spacial score (nSPS) is 13.1. The zero-order chi connectivity index (χ0) is 27.3. The fourth-order valence-corrected chi connectivity index (χ4v) is 4.98. The van der Waals surface area contributed by atoms with Crippen LogP contribution in [0.4, 0.5) is 4.39 Å². The van der Waals surface area contributed by atoms with Crippen LogP contribution in [0.1, 0.15) is 23.1 Å². The van der Waals surface area contributed by atoms with E-state index in [1.54, 1.807) is 24.5 Å². The molecule has 0 atom stereocenters. The number of imidazole rings is 1. The second kappa shape index (κ2) is 12.8. The van der Waals surface area contributed by atoms with Crippen LogP contribution in [0.25, 0.3) is 33.9 Å². The molecular formula is C32H29ClFN5O2. The highest BCUT2D eigenvalue weighted by molar-refractivity contribution is 6.04. The smallest absolute Gasteiger partial charge is 0.138 e. The second-order valence-corrected chi connectivity index (χ2v) is 9.64. The first-order valence-corrected chi connectivity index (χ1v) is 13.2. The Morgan fingerprint density at radius 2 is 1.76 bits per heavy atom. The molecule has 2 aromatic heterocycles. The molecule has 6 rings (SSSR count). The van der Waals surface area contributed by atoms with Crippen molar-refractivity contribution in [2.24, 2.45) is 5.16 Å². The molecule has 5 aromatic rings. The molecule has 0 saturated carbocycles. The summed E-state index contributed by atoms with van der Waals surface area (Å²) in [5, 5.41) is 16.1. The number of nitrogens with one attached hydrogen (secondary N) is 2. The summed E-state index contributed by atoms with van der Waals surface area (Å²) in [7, 11) is 0. The summed E-state index contributed by atoms with van der Waals surface area (Å²) in [5.41, 5.74) is 8.52. The number of oxime groups is 1. The van der Waals surface area contributed by atoms with Gasteiger partial charge in [-0.25, -0.2) is 9.37 Å². The van der Waals surface area contributed by atoms with E-state index in [9.17, 15) is 9.60 Å². The number of benzene rings is 3. The van der Waals surface area contributed by atoms with Crippen LogP contribution in [0.3, 0.4) is 0 Å². The van der Waals surface area contributed by atoms with E-state index >= 15 is 0 Å². The van der Waals surface area contributed by atoms with Gasteiger partial charge in [0, 0.05) is 47.7 Å². The lowest BCUT2D eigenvalue weighted by molar-refractivity contribution is 0.314. The third-order valence-corrected chi connectivity index (χ3v) is 7.01. The summed E-state index contributed by atoms with van der Waals surface area (Å²) < 4.78 is 19.1. The van der Waals surface area contributed by atoms with Gasteiger partial charge in [-0.1, -0.05) is 41.6 Å². The summed E-state index contributed by atoms with van der Waals surface area (Å²) in [5.74, 6) is 1.25. The van der Waals surface area contributed by atoms with Crippen molar-refractivity contribution in [1.82, 2.24) is 20.3 Å². The number of aryl methyl sites for hydroxylation is 1. The molecule has 3 aromatic carbocycles. The number of pyridine rings is 1. The van der Waals surface area contributed by atoms with Crippen LogP contribution in [0, 0.1) is 5.82 Å². The van der Waals surface area contributed by atoms with Crippen LogP contribution in [0.15, 0.2) is 96.4 Å². The Bertz CT molecular complexity index is 1660. The van der Waals surface area contributed by atoms with E-state index in [2.05, 4.69) is 26.5 Å². The van der Waals surface area contributed by atoms with Crippen molar-refractivity contribution in [3.05, 3.63) is 114 Å². The highest BCUT2D eigenvalue weighted by atomic mass is 35.5. The Labute approximate surface area is 243 Å². The van der Waals surface area contributed by atoms with Crippen molar-refractivity contribution in [1.29, 1.82) is 0 Å².